The molecular weight excluding hydrogens is 218 g/mol. The van der Waals surface area contributed by atoms with Crippen molar-refractivity contribution in [3.8, 4) is 11.3 Å². The highest BCUT2D eigenvalue weighted by atomic mass is 14.7. The molecule has 0 N–H and O–H groups in total. The first-order valence-electron chi connectivity index (χ1n) is 6.07. The highest BCUT2D eigenvalue weighted by molar-refractivity contribution is 5.71. The molecule has 1 nitrogen and oxygen atoms in total. The van der Waals surface area contributed by atoms with Crippen LogP contribution in [0.5, 0.6) is 0 Å². The van der Waals surface area contributed by atoms with Gasteiger partial charge in [-0.15, -0.1) is 0 Å². The Morgan fingerprint density at radius 1 is 1.17 bits per heavy atom. The third-order valence-corrected chi connectivity index (χ3v) is 2.96. The van der Waals surface area contributed by atoms with E-state index in [9.17, 15) is 0 Å². The molecule has 18 heavy (non-hydrogen) atoms. The van der Waals surface area contributed by atoms with Crippen molar-refractivity contribution in [2.45, 2.75) is 13.8 Å². The van der Waals surface area contributed by atoms with Gasteiger partial charge in [-0.3, -0.25) is 4.98 Å². The maximum atomic E-state index is 4.54. The molecule has 1 aromatic carbocycles. The van der Waals surface area contributed by atoms with E-state index in [0.29, 0.717) is 0 Å². The van der Waals surface area contributed by atoms with Gasteiger partial charge in [0, 0.05) is 11.8 Å². The number of rotatable bonds is 3. The molecule has 0 saturated heterocycles. The average Bonchev–Trinajstić information content (AvgIpc) is 2.40. The third kappa shape index (κ3) is 2.40. The molecule has 0 spiro atoms. The van der Waals surface area contributed by atoms with E-state index in [2.05, 4.69) is 36.7 Å². The standard InChI is InChI=1S/C17H17N/c1-4-8-15-12-18-17(11-14(15)5-2)16-10-7-6-9-13(16)3/h4-12H,2H2,1,3H3/b8-4-. The second-order valence-electron chi connectivity index (χ2n) is 4.22. The van der Waals surface area contributed by atoms with E-state index in [4.69, 9.17) is 0 Å². The van der Waals surface area contributed by atoms with E-state index >= 15 is 0 Å². The predicted molar refractivity (Wildman–Crippen MR) is 79.2 cm³/mol. The molecule has 90 valence electrons. The summed E-state index contributed by atoms with van der Waals surface area (Å²) in [4.78, 5) is 4.54. The lowest BCUT2D eigenvalue weighted by atomic mass is 10.0. The molecule has 0 atom stereocenters. The predicted octanol–water partition coefficient (Wildman–Crippen LogP) is 4.73. The highest BCUT2D eigenvalue weighted by Crippen LogP contribution is 2.24. The minimum absolute atomic E-state index is 0.997. The smallest absolute Gasteiger partial charge is 0.0711 e. The van der Waals surface area contributed by atoms with Crippen molar-refractivity contribution in [2.75, 3.05) is 0 Å². The van der Waals surface area contributed by atoms with Gasteiger partial charge in [-0.2, -0.15) is 0 Å². The molecule has 2 rings (SSSR count). The van der Waals surface area contributed by atoms with E-state index in [1.54, 1.807) is 0 Å². The Balaban J connectivity index is 2.54. The minimum Gasteiger partial charge on any atom is -0.256 e. The van der Waals surface area contributed by atoms with Gasteiger partial charge in [0.05, 0.1) is 5.69 Å². The van der Waals surface area contributed by atoms with Crippen LogP contribution in [0.25, 0.3) is 23.4 Å². The Kier molecular flexibility index (Phi) is 3.73. The van der Waals surface area contributed by atoms with Gasteiger partial charge in [-0.25, -0.2) is 0 Å². The number of hydrogen-bond donors (Lipinski definition) is 0. The van der Waals surface area contributed by atoms with Crippen LogP contribution in [-0.4, -0.2) is 4.98 Å². The zero-order chi connectivity index (χ0) is 13.0. The van der Waals surface area contributed by atoms with Crippen LogP contribution in [0, 0.1) is 6.92 Å². The number of allylic oxidation sites excluding steroid dienone is 1. The van der Waals surface area contributed by atoms with Gasteiger partial charge in [-0.05, 0) is 36.6 Å². The van der Waals surface area contributed by atoms with Crippen molar-refractivity contribution in [3.05, 3.63) is 65.9 Å². The van der Waals surface area contributed by atoms with Crippen molar-refractivity contribution >= 4 is 12.2 Å². The third-order valence-electron chi connectivity index (χ3n) is 2.96. The van der Waals surface area contributed by atoms with E-state index in [0.717, 1.165) is 16.8 Å². The van der Waals surface area contributed by atoms with Gasteiger partial charge in [0.2, 0.25) is 0 Å². The average molecular weight is 235 g/mol. The number of pyridine rings is 1. The van der Waals surface area contributed by atoms with Crippen molar-refractivity contribution in [1.29, 1.82) is 0 Å². The van der Waals surface area contributed by atoms with Gasteiger partial charge in [0.25, 0.3) is 0 Å². The molecule has 0 amide bonds. The molecule has 1 aromatic heterocycles. The van der Waals surface area contributed by atoms with Crippen LogP contribution >= 0.6 is 0 Å². The molecule has 0 saturated carbocycles. The first kappa shape index (κ1) is 12.3. The topological polar surface area (TPSA) is 12.9 Å². The SMILES string of the molecule is C=Cc1cc(-c2ccccc2C)ncc1/C=C\C. The lowest BCUT2D eigenvalue weighted by Crippen LogP contribution is -1.90. The van der Waals surface area contributed by atoms with Crippen molar-refractivity contribution < 1.29 is 0 Å². The monoisotopic (exact) mass is 235 g/mol. The number of hydrogen-bond acceptors (Lipinski definition) is 1. The van der Waals surface area contributed by atoms with E-state index in [-0.39, 0.29) is 0 Å². The maximum absolute atomic E-state index is 4.54. The Morgan fingerprint density at radius 3 is 2.61 bits per heavy atom. The van der Waals surface area contributed by atoms with Gasteiger partial charge < -0.3 is 0 Å². The van der Waals surface area contributed by atoms with Crippen molar-refractivity contribution in [1.82, 2.24) is 4.98 Å². The van der Waals surface area contributed by atoms with Crippen LogP contribution in [-0.2, 0) is 0 Å². The van der Waals surface area contributed by atoms with Crippen LogP contribution in [0.2, 0.25) is 0 Å². The molecule has 2 aromatic rings. The number of aromatic nitrogens is 1. The fourth-order valence-electron chi connectivity index (χ4n) is 1.98. The molecule has 0 aliphatic rings. The summed E-state index contributed by atoms with van der Waals surface area (Å²) in [7, 11) is 0. The van der Waals surface area contributed by atoms with Crippen LogP contribution in [0.1, 0.15) is 23.6 Å². The van der Waals surface area contributed by atoms with E-state index in [1.165, 1.54) is 11.1 Å². The first-order valence-corrected chi connectivity index (χ1v) is 6.07. The first-order chi connectivity index (χ1) is 8.76. The van der Waals surface area contributed by atoms with Crippen LogP contribution in [0.15, 0.2) is 49.2 Å². The van der Waals surface area contributed by atoms with Gasteiger partial charge in [0.15, 0.2) is 0 Å². The molecule has 0 aliphatic heterocycles. The summed E-state index contributed by atoms with van der Waals surface area (Å²) in [5.41, 5.74) is 5.62. The quantitative estimate of drug-likeness (QED) is 0.749. The normalized spacial score (nSPS) is 10.8. The summed E-state index contributed by atoms with van der Waals surface area (Å²) in [6, 6.07) is 10.4. The maximum Gasteiger partial charge on any atom is 0.0711 e. The summed E-state index contributed by atoms with van der Waals surface area (Å²) in [6.45, 7) is 7.97. The summed E-state index contributed by atoms with van der Waals surface area (Å²) in [6.07, 6.45) is 7.83. The van der Waals surface area contributed by atoms with Gasteiger partial charge in [-0.1, -0.05) is 49.1 Å². The molecule has 0 radical (unpaired) electrons. The molecule has 0 unspecified atom stereocenters. The number of aryl methyl sites for hydroxylation is 1. The van der Waals surface area contributed by atoms with E-state index in [1.807, 2.05) is 43.5 Å². The molecule has 1 heterocycles. The Bertz CT molecular complexity index is 594. The summed E-state index contributed by atoms with van der Waals surface area (Å²) in [5, 5.41) is 0. The van der Waals surface area contributed by atoms with Gasteiger partial charge >= 0.3 is 0 Å². The van der Waals surface area contributed by atoms with Crippen LogP contribution in [0.4, 0.5) is 0 Å². The Labute approximate surface area is 109 Å². The summed E-state index contributed by atoms with van der Waals surface area (Å²) < 4.78 is 0. The Hall–Kier alpha value is -2.15. The molecule has 1 heteroatoms. The summed E-state index contributed by atoms with van der Waals surface area (Å²) in [5.74, 6) is 0. The molecular formula is C17H17N. The van der Waals surface area contributed by atoms with Crippen molar-refractivity contribution in [3.63, 3.8) is 0 Å². The van der Waals surface area contributed by atoms with Crippen LogP contribution in [0.3, 0.4) is 0 Å². The number of benzene rings is 1. The van der Waals surface area contributed by atoms with E-state index < -0.39 is 0 Å². The fourth-order valence-corrected chi connectivity index (χ4v) is 1.98. The van der Waals surface area contributed by atoms with Gasteiger partial charge in [0.1, 0.15) is 0 Å². The minimum atomic E-state index is 0.997. The lowest BCUT2D eigenvalue weighted by molar-refractivity contribution is 1.29. The zero-order valence-corrected chi connectivity index (χ0v) is 10.9. The summed E-state index contributed by atoms with van der Waals surface area (Å²) >= 11 is 0. The second kappa shape index (κ2) is 5.46. The zero-order valence-electron chi connectivity index (χ0n) is 10.9. The molecule has 0 bridgehead atoms. The molecule has 0 fully saturated rings. The van der Waals surface area contributed by atoms with Crippen LogP contribution < -0.4 is 0 Å². The number of nitrogens with zero attached hydrogens (tertiary/aromatic N) is 1. The Morgan fingerprint density at radius 2 is 1.94 bits per heavy atom. The lowest BCUT2D eigenvalue weighted by Gasteiger charge is -2.07. The van der Waals surface area contributed by atoms with Crippen molar-refractivity contribution in [2.24, 2.45) is 0 Å². The largest absolute Gasteiger partial charge is 0.256 e. The fraction of sp³-hybridized carbons (Fsp3) is 0.118. The molecule has 0 aliphatic carbocycles. The second-order valence-corrected chi connectivity index (χ2v) is 4.22. The highest BCUT2D eigenvalue weighted by Gasteiger charge is 2.05.